The Kier molecular flexibility index (Phi) is 7.36. The molecule has 1 heterocycles. The molecule has 2 unspecified atom stereocenters. The summed E-state index contributed by atoms with van der Waals surface area (Å²) < 4.78 is 5.50. The van der Waals surface area contributed by atoms with Crippen molar-refractivity contribution in [3.05, 3.63) is 24.3 Å². The van der Waals surface area contributed by atoms with Crippen LogP contribution in [0.15, 0.2) is 24.3 Å². The number of anilines is 1. The minimum absolute atomic E-state index is 0.689. The van der Waals surface area contributed by atoms with E-state index in [0.717, 1.165) is 41.6 Å². The van der Waals surface area contributed by atoms with E-state index in [1.165, 1.54) is 38.5 Å². The molecule has 2 aliphatic rings. The summed E-state index contributed by atoms with van der Waals surface area (Å²) in [5.74, 6) is 1.74. The first-order chi connectivity index (χ1) is 13.1. The number of hydrogen-bond donors (Lipinski definition) is 1. The molecule has 1 aliphatic heterocycles. The third-order valence-electron chi connectivity index (χ3n) is 6.33. The summed E-state index contributed by atoms with van der Waals surface area (Å²) in [6, 6.07) is 9.50. The van der Waals surface area contributed by atoms with Crippen LogP contribution < -0.4 is 10.1 Å². The van der Waals surface area contributed by atoms with Crippen LogP contribution in [0.1, 0.15) is 52.4 Å². The molecule has 2 atom stereocenters. The number of piperidine rings is 1. The quantitative estimate of drug-likeness (QED) is 0.733. The number of benzene rings is 1. The fourth-order valence-electron chi connectivity index (χ4n) is 4.65. The van der Waals surface area contributed by atoms with E-state index in [1.54, 1.807) is 0 Å². The number of ether oxygens (including phenoxy) is 1. The topological polar surface area (TPSA) is 27.7 Å². The molecular weight excluding hydrogens is 354 g/mol. The van der Waals surface area contributed by atoms with Gasteiger partial charge >= 0.3 is 0 Å². The smallest absolute Gasteiger partial charge is 0.173 e. The third-order valence-corrected chi connectivity index (χ3v) is 6.69. The predicted molar refractivity (Wildman–Crippen MR) is 118 cm³/mol. The Labute approximate surface area is 170 Å². The highest BCUT2D eigenvalue weighted by Gasteiger charge is 2.31. The molecule has 150 valence electrons. The number of hydrogen-bond acceptors (Lipinski definition) is 3. The zero-order chi connectivity index (χ0) is 19.2. The highest BCUT2D eigenvalue weighted by molar-refractivity contribution is 7.80. The van der Waals surface area contributed by atoms with E-state index in [9.17, 15) is 0 Å². The van der Waals surface area contributed by atoms with Gasteiger partial charge in [0.25, 0.3) is 0 Å². The van der Waals surface area contributed by atoms with E-state index in [-0.39, 0.29) is 0 Å². The van der Waals surface area contributed by atoms with Crippen molar-refractivity contribution in [2.75, 3.05) is 32.1 Å². The molecule has 3 rings (SSSR count). The van der Waals surface area contributed by atoms with E-state index in [4.69, 9.17) is 17.0 Å². The van der Waals surface area contributed by atoms with Crippen LogP contribution in [0.25, 0.3) is 0 Å². The SMILES string of the molecule is CCOc1ccc(NC(=S)N2CCC(N(C)C3CCCCC3C)CC2)cc1. The molecule has 1 saturated carbocycles. The first-order valence-electron chi connectivity index (χ1n) is 10.6. The molecule has 4 nitrogen and oxygen atoms in total. The molecule has 0 bridgehead atoms. The number of likely N-dealkylation sites (tertiary alicyclic amines) is 1. The van der Waals surface area contributed by atoms with Gasteiger partial charge in [0.1, 0.15) is 5.75 Å². The van der Waals surface area contributed by atoms with Crippen molar-refractivity contribution < 1.29 is 4.74 Å². The lowest BCUT2D eigenvalue weighted by atomic mass is 9.84. The van der Waals surface area contributed by atoms with E-state index >= 15 is 0 Å². The average Bonchev–Trinajstić information content (AvgIpc) is 2.70. The van der Waals surface area contributed by atoms with Crippen molar-refractivity contribution in [3.8, 4) is 5.75 Å². The maximum Gasteiger partial charge on any atom is 0.173 e. The first-order valence-corrected chi connectivity index (χ1v) is 11.0. The summed E-state index contributed by atoms with van der Waals surface area (Å²) in [5.41, 5.74) is 1.03. The lowest BCUT2D eigenvalue weighted by Gasteiger charge is -2.44. The van der Waals surface area contributed by atoms with Crippen molar-refractivity contribution in [2.24, 2.45) is 5.92 Å². The van der Waals surface area contributed by atoms with Gasteiger partial charge in [-0.3, -0.25) is 0 Å². The second kappa shape index (κ2) is 9.74. The van der Waals surface area contributed by atoms with Gasteiger partial charge in [0.15, 0.2) is 5.11 Å². The second-order valence-electron chi connectivity index (χ2n) is 8.10. The van der Waals surface area contributed by atoms with Gasteiger partial charge in [-0.15, -0.1) is 0 Å². The summed E-state index contributed by atoms with van der Waals surface area (Å²) in [6.07, 6.45) is 7.97. The molecule has 0 amide bonds. The van der Waals surface area contributed by atoms with Gasteiger partial charge in [-0.2, -0.15) is 0 Å². The lowest BCUT2D eigenvalue weighted by molar-refractivity contribution is 0.0691. The fourth-order valence-corrected chi connectivity index (χ4v) is 4.95. The van der Waals surface area contributed by atoms with Gasteiger partial charge in [0.2, 0.25) is 0 Å². The van der Waals surface area contributed by atoms with Crippen LogP contribution >= 0.6 is 12.2 Å². The highest BCUT2D eigenvalue weighted by atomic mass is 32.1. The Morgan fingerprint density at radius 3 is 2.44 bits per heavy atom. The van der Waals surface area contributed by atoms with E-state index in [2.05, 4.69) is 29.1 Å². The largest absolute Gasteiger partial charge is 0.494 e. The summed E-state index contributed by atoms with van der Waals surface area (Å²) >= 11 is 5.66. The van der Waals surface area contributed by atoms with E-state index < -0.39 is 0 Å². The molecule has 0 spiro atoms. The van der Waals surface area contributed by atoms with Crippen LogP contribution in [0.5, 0.6) is 5.75 Å². The normalized spacial score (nSPS) is 24.1. The Balaban J connectivity index is 1.47. The summed E-state index contributed by atoms with van der Waals surface area (Å²) in [5, 5.41) is 4.22. The highest BCUT2D eigenvalue weighted by Crippen LogP contribution is 2.30. The lowest BCUT2D eigenvalue weighted by Crippen LogP contribution is -2.51. The van der Waals surface area contributed by atoms with E-state index in [1.807, 2.05) is 31.2 Å². The Morgan fingerprint density at radius 1 is 1.15 bits per heavy atom. The monoisotopic (exact) mass is 389 g/mol. The Bertz CT molecular complexity index is 598. The second-order valence-corrected chi connectivity index (χ2v) is 8.49. The van der Waals surface area contributed by atoms with Gasteiger partial charge in [-0.1, -0.05) is 19.8 Å². The van der Waals surface area contributed by atoms with Gasteiger partial charge in [0, 0.05) is 30.9 Å². The number of nitrogens with zero attached hydrogens (tertiary/aromatic N) is 2. The molecule has 1 aromatic carbocycles. The van der Waals surface area contributed by atoms with E-state index in [0.29, 0.717) is 12.6 Å². The van der Waals surface area contributed by atoms with Crippen molar-refractivity contribution in [1.29, 1.82) is 0 Å². The summed E-state index contributed by atoms with van der Waals surface area (Å²) in [7, 11) is 2.35. The molecule has 0 aromatic heterocycles. The minimum atomic E-state index is 0.689. The maximum absolute atomic E-state index is 5.66. The van der Waals surface area contributed by atoms with Crippen LogP contribution in [0.4, 0.5) is 5.69 Å². The van der Waals surface area contributed by atoms with Crippen LogP contribution in [-0.4, -0.2) is 53.7 Å². The van der Waals surface area contributed by atoms with Crippen molar-refractivity contribution in [2.45, 2.75) is 64.5 Å². The molecule has 1 aliphatic carbocycles. The molecule has 1 saturated heterocycles. The molecule has 0 radical (unpaired) electrons. The number of nitrogens with one attached hydrogen (secondary N) is 1. The van der Waals surface area contributed by atoms with Gasteiger partial charge in [0.05, 0.1) is 6.61 Å². The van der Waals surface area contributed by atoms with Crippen LogP contribution in [0, 0.1) is 5.92 Å². The average molecular weight is 390 g/mol. The Hall–Kier alpha value is -1.33. The van der Waals surface area contributed by atoms with Gasteiger partial charge in [-0.25, -0.2) is 0 Å². The Morgan fingerprint density at radius 2 is 1.81 bits per heavy atom. The standard InChI is InChI=1S/C22H35N3OS/c1-4-26-20-11-9-18(10-12-20)23-22(27)25-15-13-19(14-16-25)24(3)21-8-6-5-7-17(21)2/h9-12,17,19,21H,4-8,13-16H2,1-3H3,(H,23,27). The van der Waals surface area contributed by atoms with Crippen LogP contribution in [-0.2, 0) is 0 Å². The zero-order valence-corrected chi connectivity index (χ0v) is 17.9. The molecule has 1 aromatic rings. The number of thiocarbonyl (C=S) groups is 1. The maximum atomic E-state index is 5.66. The molecular formula is C22H35N3OS. The van der Waals surface area contributed by atoms with Crippen LogP contribution in [0.3, 0.4) is 0 Å². The van der Waals surface area contributed by atoms with Gasteiger partial charge < -0.3 is 19.9 Å². The minimum Gasteiger partial charge on any atom is -0.494 e. The molecule has 27 heavy (non-hydrogen) atoms. The molecule has 1 N–H and O–H groups in total. The predicted octanol–water partition coefficient (Wildman–Crippen LogP) is 4.76. The van der Waals surface area contributed by atoms with Gasteiger partial charge in [-0.05, 0) is 82.1 Å². The number of rotatable bonds is 5. The first kappa shape index (κ1) is 20.4. The van der Waals surface area contributed by atoms with Crippen molar-refractivity contribution in [1.82, 2.24) is 9.80 Å². The van der Waals surface area contributed by atoms with Crippen LogP contribution in [0.2, 0.25) is 0 Å². The zero-order valence-electron chi connectivity index (χ0n) is 17.1. The van der Waals surface area contributed by atoms with Crippen molar-refractivity contribution in [3.63, 3.8) is 0 Å². The fraction of sp³-hybridized carbons (Fsp3) is 0.682. The van der Waals surface area contributed by atoms with Crippen molar-refractivity contribution >= 4 is 23.0 Å². The third kappa shape index (κ3) is 5.35. The summed E-state index contributed by atoms with van der Waals surface area (Å²) in [6.45, 7) is 7.20. The summed E-state index contributed by atoms with van der Waals surface area (Å²) in [4.78, 5) is 5.00. The molecule has 2 fully saturated rings. The molecule has 5 heteroatoms.